The predicted octanol–water partition coefficient (Wildman–Crippen LogP) is -0.160. The summed E-state index contributed by atoms with van der Waals surface area (Å²) < 4.78 is 5.23. The van der Waals surface area contributed by atoms with Gasteiger partial charge in [-0.05, 0) is 27.0 Å². The summed E-state index contributed by atoms with van der Waals surface area (Å²) in [5.41, 5.74) is 2.38. The van der Waals surface area contributed by atoms with Gasteiger partial charge < -0.3 is 9.73 Å². The minimum atomic E-state index is -0.407. The van der Waals surface area contributed by atoms with Crippen molar-refractivity contribution in [2.75, 3.05) is 13.6 Å². The fourth-order valence-electron chi connectivity index (χ4n) is 1.60. The first-order chi connectivity index (χ1) is 8.92. The lowest BCUT2D eigenvalue weighted by Gasteiger charge is -2.16. The number of carbonyl (C=O) groups is 2. The van der Waals surface area contributed by atoms with Gasteiger partial charge in [-0.2, -0.15) is 0 Å². The van der Waals surface area contributed by atoms with Crippen LogP contribution in [0.4, 0.5) is 0 Å². The first kappa shape index (κ1) is 15.2. The van der Waals surface area contributed by atoms with E-state index >= 15 is 0 Å². The van der Waals surface area contributed by atoms with E-state index in [0.717, 1.165) is 0 Å². The van der Waals surface area contributed by atoms with Crippen molar-refractivity contribution < 1.29 is 14.0 Å². The third-order valence-electron chi connectivity index (χ3n) is 2.34. The van der Waals surface area contributed by atoms with Gasteiger partial charge in [0.2, 0.25) is 5.91 Å². The van der Waals surface area contributed by atoms with Crippen molar-refractivity contribution >= 4 is 11.8 Å². The van der Waals surface area contributed by atoms with Crippen molar-refractivity contribution in [2.45, 2.75) is 26.4 Å². The molecule has 0 bridgehead atoms. The number of nitrogens with zero attached hydrogens (tertiary/aromatic N) is 1. The summed E-state index contributed by atoms with van der Waals surface area (Å²) in [4.78, 5) is 24.6. The Morgan fingerprint density at radius 3 is 2.74 bits per heavy atom. The van der Waals surface area contributed by atoms with Gasteiger partial charge in [0.1, 0.15) is 12.0 Å². The second kappa shape index (κ2) is 6.91. The van der Waals surface area contributed by atoms with Crippen LogP contribution in [-0.2, 0) is 11.3 Å². The molecular formula is C12H20N4O3. The quantitative estimate of drug-likeness (QED) is 0.378. The molecule has 0 aliphatic rings. The zero-order valence-electron chi connectivity index (χ0n) is 11.4. The van der Waals surface area contributed by atoms with Crippen molar-refractivity contribution in [1.82, 2.24) is 15.6 Å². The fourth-order valence-corrected chi connectivity index (χ4v) is 1.60. The van der Waals surface area contributed by atoms with E-state index in [0.29, 0.717) is 17.9 Å². The number of rotatable bonds is 6. The molecule has 19 heavy (non-hydrogen) atoms. The Morgan fingerprint density at radius 2 is 2.16 bits per heavy atom. The molecular weight excluding hydrogens is 248 g/mol. The molecule has 0 spiro atoms. The highest BCUT2D eigenvalue weighted by Crippen LogP contribution is 2.09. The number of likely N-dealkylation sites (N-methyl/N-ethyl adjacent to an activating group) is 1. The minimum absolute atomic E-state index is 0.0519. The van der Waals surface area contributed by atoms with Gasteiger partial charge in [-0.3, -0.25) is 19.9 Å². The highest BCUT2D eigenvalue weighted by Gasteiger charge is 2.12. The maximum Gasteiger partial charge on any atom is 0.268 e. The lowest BCUT2D eigenvalue weighted by molar-refractivity contribution is -0.122. The molecule has 0 saturated heterocycles. The maximum atomic E-state index is 11.5. The van der Waals surface area contributed by atoms with Gasteiger partial charge in [-0.1, -0.05) is 0 Å². The summed E-state index contributed by atoms with van der Waals surface area (Å²) in [6.45, 7) is 4.50. The molecule has 106 valence electrons. The summed E-state index contributed by atoms with van der Waals surface area (Å²) >= 11 is 0. The Labute approximate surface area is 112 Å². The van der Waals surface area contributed by atoms with E-state index in [-0.39, 0.29) is 18.5 Å². The number of amides is 2. The number of hydrazine groups is 1. The predicted molar refractivity (Wildman–Crippen MR) is 70.0 cm³/mol. The molecule has 0 atom stereocenters. The normalized spacial score (nSPS) is 10.8. The molecule has 7 heteroatoms. The van der Waals surface area contributed by atoms with Crippen molar-refractivity contribution in [3.8, 4) is 0 Å². The number of nitrogens with one attached hydrogen (secondary N) is 2. The molecule has 0 aromatic carbocycles. The summed E-state index contributed by atoms with van der Waals surface area (Å²) in [6, 6.07) is 1.71. The van der Waals surface area contributed by atoms with Crippen molar-refractivity contribution in [1.29, 1.82) is 0 Å². The van der Waals surface area contributed by atoms with E-state index in [4.69, 9.17) is 10.3 Å². The smallest absolute Gasteiger partial charge is 0.268 e. The standard InChI is InChI=1S/C12H20N4O3/c1-8(2)14-11(17)6-16(3)5-10-4-9(7-19-10)12(18)15-13/h4,7-8H,5-6,13H2,1-3H3,(H,14,17)(H,15,18). The van der Waals surface area contributed by atoms with Crippen molar-refractivity contribution in [3.63, 3.8) is 0 Å². The molecule has 1 heterocycles. The SMILES string of the molecule is CC(C)NC(=O)CN(C)Cc1cc(C(=O)NN)co1. The average Bonchev–Trinajstić information content (AvgIpc) is 2.74. The molecule has 1 rings (SSSR count). The summed E-state index contributed by atoms with van der Waals surface area (Å²) in [6.07, 6.45) is 1.33. The van der Waals surface area contributed by atoms with Crippen LogP contribution < -0.4 is 16.6 Å². The van der Waals surface area contributed by atoms with Crippen LogP contribution in [0.15, 0.2) is 16.7 Å². The Bertz CT molecular complexity index is 442. The van der Waals surface area contributed by atoms with Crippen LogP contribution >= 0.6 is 0 Å². The highest BCUT2D eigenvalue weighted by atomic mass is 16.3. The molecule has 0 aliphatic carbocycles. The number of nitrogen functional groups attached to an aromatic ring is 1. The van der Waals surface area contributed by atoms with Crippen molar-refractivity contribution in [2.24, 2.45) is 5.84 Å². The Morgan fingerprint density at radius 1 is 1.47 bits per heavy atom. The van der Waals surface area contributed by atoms with Gasteiger partial charge in [-0.15, -0.1) is 0 Å². The summed E-state index contributed by atoms with van der Waals surface area (Å²) in [7, 11) is 1.80. The molecule has 1 aromatic rings. The number of carbonyl (C=O) groups excluding carboxylic acids is 2. The first-order valence-electron chi connectivity index (χ1n) is 5.98. The van der Waals surface area contributed by atoms with E-state index < -0.39 is 5.91 Å². The Kier molecular flexibility index (Phi) is 5.53. The molecule has 2 amide bonds. The largest absolute Gasteiger partial charge is 0.467 e. The monoisotopic (exact) mass is 268 g/mol. The van der Waals surface area contributed by atoms with Gasteiger partial charge >= 0.3 is 0 Å². The van der Waals surface area contributed by atoms with Crippen LogP contribution in [0.5, 0.6) is 0 Å². The summed E-state index contributed by atoms with van der Waals surface area (Å²) in [5.74, 6) is 5.16. The highest BCUT2D eigenvalue weighted by molar-refractivity contribution is 5.93. The van der Waals surface area contributed by atoms with Crippen LogP contribution in [0.1, 0.15) is 30.0 Å². The van der Waals surface area contributed by atoms with Crippen molar-refractivity contribution in [3.05, 3.63) is 23.7 Å². The van der Waals surface area contributed by atoms with E-state index in [1.165, 1.54) is 6.26 Å². The van der Waals surface area contributed by atoms with Crippen LogP contribution in [0.2, 0.25) is 0 Å². The van der Waals surface area contributed by atoms with E-state index in [2.05, 4.69) is 5.32 Å². The van der Waals surface area contributed by atoms with Crippen LogP contribution in [0.3, 0.4) is 0 Å². The molecule has 0 radical (unpaired) electrons. The fraction of sp³-hybridized carbons (Fsp3) is 0.500. The minimum Gasteiger partial charge on any atom is -0.467 e. The number of nitrogens with two attached hydrogens (primary N) is 1. The molecule has 1 aromatic heterocycles. The third-order valence-corrected chi connectivity index (χ3v) is 2.34. The zero-order chi connectivity index (χ0) is 14.4. The van der Waals surface area contributed by atoms with Crippen LogP contribution in [0, 0.1) is 0 Å². The maximum absolute atomic E-state index is 11.5. The molecule has 0 fully saturated rings. The van der Waals surface area contributed by atoms with Gasteiger partial charge in [0.05, 0.1) is 18.7 Å². The Balaban J connectivity index is 2.48. The third kappa shape index (κ3) is 5.11. The summed E-state index contributed by atoms with van der Waals surface area (Å²) in [5, 5.41) is 2.80. The number of hydrogen-bond donors (Lipinski definition) is 3. The molecule has 0 aliphatic heterocycles. The van der Waals surface area contributed by atoms with Crippen LogP contribution in [-0.4, -0.2) is 36.3 Å². The van der Waals surface area contributed by atoms with E-state index in [1.807, 2.05) is 19.3 Å². The average molecular weight is 268 g/mol. The molecule has 4 N–H and O–H groups in total. The second-order valence-electron chi connectivity index (χ2n) is 4.67. The zero-order valence-corrected chi connectivity index (χ0v) is 11.4. The molecule has 7 nitrogen and oxygen atoms in total. The lowest BCUT2D eigenvalue weighted by atomic mass is 10.3. The number of furan rings is 1. The molecule has 0 unspecified atom stereocenters. The van der Waals surface area contributed by atoms with Gasteiger partial charge in [-0.25, -0.2) is 5.84 Å². The Hall–Kier alpha value is -1.86. The first-order valence-corrected chi connectivity index (χ1v) is 5.98. The van der Waals surface area contributed by atoms with E-state index in [9.17, 15) is 9.59 Å². The lowest BCUT2D eigenvalue weighted by Crippen LogP contribution is -2.38. The van der Waals surface area contributed by atoms with Crippen LogP contribution in [0.25, 0.3) is 0 Å². The second-order valence-corrected chi connectivity index (χ2v) is 4.67. The molecule has 0 saturated carbocycles. The van der Waals surface area contributed by atoms with Gasteiger partial charge in [0.15, 0.2) is 0 Å². The topological polar surface area (TPSA) is 101 Å². The number of hydrogen-bond acceptors (Lipinski definition) is 5. The van der Waals surface area contributed by atoms with Gasteiger partial charge in [0, 0.05) is 6.04 Å². The van der Waals surface area contributed by atoms with Gasteiger partial charge in [0.25, 0.3) is 5.91 Å². The van der Waals surface area contributed by atoms with E-state index in [1.54, 1.807) is 18.0 Å².